The van der Waals surface area contributed by atoms with E-state index < -0.39 is 0 Å². The summed E-state index contributed by atoms with van der Waals surface area (Å²) >= 11 is 0. The minimum Gasteiger partial charge on any atom is -0.403 e. The molecule has 1 heterocycles. The first-order valence-electron chi connectivity index (χ1n) is 8.48. The molecule has 0 saturated carbocycles. The zero-order chi connectivity index (χ0) is 17.0. The van der Waals surface area contributed by atoms with Crippen LogP contribution in [0, 0.1) is 16.7 Å². The van der Waals surface area contributed by atoms with Crippen LogP contribution in [0.3, 0.4) is 0 Å². The van der Waals surface area contributed by atoms with Gasteiger partial charge in [-0.25, -0.2) is 0 Å². The van der Waals surface area contributed by atoms with Crippen molar-refractivity contribution in [3.05, 3.63) is 12.2 Å². The van der Waals surface area contributed by atoms with Gasteiger partial charge in [-0.2, -0.15) is 5.26 Å². The van der Waals surface area contributed by atoms with Gasteiger partial charge in [-0.05, 0) is 54.4 Å². The highest BCUT2D eigenvalue weighted by Gasteiger charge is 2.52. The van der Waals surface area contributed by atoms with Crippen LogP contribution in [0.15, 0.2) is 12.2 Å². The van der Waals surface area contributed by atoms with Gasteiger partial charge < -0.3 is 9.31 Å². The SMILES string of the molecule is CCCC[C@H](/C=C/CC(C)(C)C#N)B1OC(C)(C)C(C)(C)O1. The summed E-state index contributed by atoms with van der Waals surface area (Å²) in [4.78, 5) is 0. The van der Waals surface area contributed by atoms with Gasteiger partial charge in [-0.3, -0.25) is 0 Å². The molecule has 1 aliphatic rings. The number of hydrogen-bond acceptors (Lipinski definition) is 3. The fourth-order valence-electron chi connectivity index (χ4n) is 2.41. The highest BCUT2D eigenvalue weighted by atomic mass is 16.7. The highest BCUT2D eigenvalue weighted by molar-refractivity contribution is 6.48. The van der Waals surface area contributed by atoms with Crippen LogP contribution < -0.4 is 0 Å². The van der Waals surface area contributed by atoms with E-state index in [0.29, 0.717) is 0 Å². The maximum atomic E-state index is 9.12. The van der Waals surface area contributed by atoms with Crippen LogP contribution in [0.4, 0.5) is 0 Å². The van der Waals surface area contributed by atoms with Crippen LogP contribution in [-0.4, -0.2) is 18.3 Å². The molecule has 1 saturated heterocycles. The lowest BCUT2D eigenvalue weighted by atomic mass is 9.68. The largest absolute Gasteiger partial charge is 0.465 e. The molecule has 0 aliphatic carbocycles. The highest BCUT2D eigenvalue weighted by Crippen LogP contribution is 2.41. The average Bonchev–Trinajstić information content (AvgIpc) is 2.62. The lowest BCUT2D eigenvalue weighted by Crippen LogP contribution is -2.41. The van der Waals surface area contributed by atoms with Gasteiger partial charge in [-0.15, -0.1) is 0 Å². The maximum absolute atomic E-state index is 9.12. The zero-order valence-electron chi connectivity index (χ0n) is 15.4. The second-order valence-electron chi connectivity index (χ2n) is 8.06. The summed E-state index contributed by atoms with van der Waals surface area (Å²) in [5.74, 6) is 0.246. The molecule has 0 aromatic heterocycles. The van der Waals surface area contributed by atoms with Crippen molar-refractivity contribution in [1.82, 2.24) is 0 Å². The lowest BCUT2D eigenvalue weighted by molar-refractivity contribution is 0.00578. The van der Waals surface area contributed by atoms with Crippen LogP contribution in [-0.2, 0) is 9.31 Å². The predicted octanol–water partition coefficient (Wildman–Crippen LogP) is 5.14. The van der Waals surface area contributed by atoms with Crippen molar-refractivity contribution >= 4 is 7.12 Å². The number of unbranched alkanes of at least 4 members (excludes halogenated alkanes) is 1. The summed E-state index contributed by atoms with van der Waals surface area (Å²) in [7, 11) is -0.196. The van der Waals surface area contributed by atoms with Crippen LogP contribution >= 0.6 is 0 Å². The number of nitriles is 1. The Morgan fingerprint density at radius 2 is 1.73 bits per heavy atom. The number of allylic oxidation sites excluding steroid dienone is 2. The molecule has 22 heavy (non-hydrogen) atoms. The molecule has 3 nitrogen and oxygen atoms in total. The van der Waals surface area contributed by atoms with E-state index >= 15 is 0 Å². The van der Waals surface area contributed by atoms with Crippen molar-refractivity contribution in [3.63, 3.8) is 0 Å². The molecule has 1 atom stereocenters. The first-order valence-corrected chi connectivity index (χ1v) is 8.48. The van der Waals surface area contributed by atoms with E-state index in [9.17, 15) is 0 Å². The molecule has 0 bridgehead atoms. The van der Waals surface area contributed by atoms with Crippen molar-refractivity contribution in [2.24, 2.45) is 5.41 Å². The Bertz CT molecular complexity index is 419. The predicted molar refractivity (Wildman–Crippen MR) is 92.5 cm³/mol. The minimum atomic E-state index is -0.318. The fraction of sp³-hybridized carbons (Fsp3) is 0.833. The third kappa shape index (κ3) is 4.86. The summed E-state index contributed by atoms with van der Waals surface area (Å²) in [6.45, 7) is 14.5. The number of rotatable bonds is 7. The van der Waals surface area contributed by atoms with E-state index in [-0.39, 0.29) is 29.6 Å². The van der Waals surface area contributed by atoms with E-state index in [1.54, 1.807) is 0 Å². The van der Waals surface area contributed by atoms with Crippen molar-refractivity contribution in [2.45, 2.75) is 91.2 Å². The van der Waals surface area contributed by atoms with Crippen LogP contribution in [0.2, 0.25) is 5.82 Å². The standard InChI is InChI=1S/C18H32BNO2/c1-8-9-11-15(12-10-13-16(2,3)14-20)19-21-17(4,5)18(6,7)22-19/h10,12,15H,8-9,11,13H2,1-7H3/b12-10+/t15-/m1/s1. The van der Waals surface area contributed by atoms with Crippen molar-refractivity contribution < 1.29 is 9.31 Å². The second-order valence-corrected chi connectivity index (χ2v) is 8.06. The maximum Gasteiger partial charge on any atom is 0.465 e. The first kappa shape index (κ1) is 19.3. The van der Waals surface area contributed by atoms with Gasteiger partial charge in [0.05, 0.1) is 22.7 Å². The van der Waals surface area contributed by atoms with E-state index in [1.807, 2.05) is 13.8 Å². The Morgan fingerprint density at radius 1 is 1.18 bits per heavy atom. The monoisotopic (exact) mass is 305 g/mol. The molecule has 0 N–H and O–H groups in total. The molecular formula is C18H32BNO2. The average molecular weight is 305 g/mol. The van der Waals surface area contributed by atoms with Crippen molar-refractivity contribution in [2.75, 3.05) is 0 Å². The Morgan fingerprint density at radius 3 is 2.18 bits per heavy atom. The topological polar surface area (TPSA) is 42.2 Å². The zero-order valence-corrected chi connectivity index (χ0v) is 15.4. The van der Waals surface area contributed by atoms with Crippen molar-refractivity contribution in [1.29, 1.82) is 5.26 Å². The molecule has 0 aromatic carbocycles. The van der Waals surface area contributed by atoms with Gasteiger partial charge in [0.15, 0.2) is 0 Å². The third-order valence-corrected chi connectivity index (χ3v) is 4.83. The molecule has 1 fully saturated rings. The quantitative estimate of drug-likeness (QED) is 0.483. The smallest absolute Gasteiger partial charge is 0.403 e. The molecule has 4 heteroatoms. The summed E-state index contributed by atoms with van der Waals surface area (Å²) in [6, 6.07) is 2.34. The summed E-state index contributed by atoms with van der Waals surface area (Å²) in [6.07, 6.45) is 8.43. The molecule has 0 amide bonds. The van der Waals surface area contributed by atoms with Crippen LogP contribution in [0.25, 0.3) is 0 Å². The van der Waals surface area contributed by atoms with Crippen LogP contribution in [0.5, 0.6) is 0 Å². The van der Waals surface area contributed by atoms with Gasteiger partial charge >= 0.3 is 7.12 Å². The van der Waals surface area contributed by atoms with Crippen molar-refractivity contribution in [3.8, 4) is 6.07 Å². The van der Waals surface area contributed by atoms with E-state index in [1.165, 1.54) is 0 Å². The number of nitrogens with zero attached hydrogens (tertiary/aromatic N) is 1. The molecule has 0 spiro atoms. The summed E-state index contributed by atoms with van der Waals surface area (Å²) < 4.78 is 12.4. The first-order chi connectivity index (χ1) is 10.0. The fourth-order valence-corrected chi connectivity index (χ4v) is 2.41. The van der Waals surface area contributed by atoms with Gasteiger partial charge in [0.1, 0.15) is 0 Å². The lowest BCUT2D eigenvalue weighted by Gasteiger charge is -2.32. The van der Waals surface area contributed by atoms with E-state index in [2.05, 4.69) is 52.8 Å². The molecule has 0 aromatic rings. The summed E-state index contributed by atoms with van der Waals surface area (Å²) in [5.41, 5.74) is -0.897. The molecule has 124 valence electrons. The molecule has 1 rings (SSSR count). The third-order valence-electron chi connectivity index (χ3n) is 4.83. The summed E-state index contributed by atoms with van der Waals surface area (Å²) in [5, 5.41) is 9.12. The molecule has 0 unspecified atom stereocenters. The normalized spacial score (nSPS) is 22.0. The molecule has 1 aliphatic heterocycles. The van der Waals surface area contributed by atoms with Gasteiger partial charge in [0, 0.05) is 5.82 Å². The van der Waals surface area contributed by atoms with E-state index in [0.717, 1.165) is 25.7 Å². The Kier molecular flexibility index (Phi) is 6.30. The van der Waals surface area contributed by atoms with E-state index in [4.69, 9.17) is 14.6 Å². The Hall–Kier alpha value is -0.785. The van der Waals surface area contributed by atoms with Crippen LogP contribution in [0.1, 0.15) is 74.1 Å². The molecular weight excluding hydrogens is 273 g/mol. The van der Waals surface area contributed by atoms with Gasteiger partial charge in [0.25, 0.3) is 0 Å². The second kappa shape index (κ2) is 7.19. The number of hydrogen-bond donors (Lipinski definition) is 0. The Labute approximate surface area is 137 Å². The minimum absolute atomic E-state index is 0.196. The van der Waals surface area contributed by atoms with Gasteiger partial charge in [-0.1, -0.05) is 31.9 Å². The molecule has 0 radical (unpaired) electrons. The Balaban J connectivity index is 2.78. The van der Waals surface area contributed by atoms with Gasteiger partial charge in [0.2, 0.25) is 0 Å².